The maximum Gasteiger partial charge on any atom is 0.254 e. The summed E-state index contributed by atoms with van der Waals surface area (Å²) in [6, 6.07) is 5.28. The van der Waals surface area contributed by atoms with E-state index in [1.807, 2.05) is 19.0 Å². The number of carbonyl (C=O) groups excluding carboxylic acids is 1. The number of benzene rings is 1. The van der Waals surface area contributed by atoms with Crippen LogP contribution < -0.4 is 9.47 Å². The molecule has 24 heavy (non-hydrogen) atoms. The highest BCUT2D eigenvalue weighted by molar-refractivity contribution is 5.95. The molecule has 1 aromatic rings. The van der Waals surface area contributed by atoms with E-state index in [0.717, 1.165) is 26.0 Å². The van der Waals surface area contributed by atoms with Gasteiger partial charge in [0, 0.05) is 31.8 Å². The summed E-state index contributed by atoms with van der Waals surface area (Å²) in [4.78, 5) is 16.9. The number of nitrogens with zero attached hydrogens (tertiary/aromatic N) is 2. The molecule has 1 heterocycles. The average Bonchev–Trinajstić information content (AvgIpc) is 3.10. The number of likely N-dealkylation sites (N-methyl/N-ethyl adjacent to an activating group) is 1. The van der Waals surface area contributed by atoms with E-state index in [0.29, 0.717) is 30.2 Å². The van der Waals surface area contributed by atoms with Gasteiger partial charge in [0.2, 0.25) is 0 Å². The van der Waals surface area contributed by atoms with Crippen molar-refractivity contribution in [3.05, 3.63) is 23.8 Å². The molecule has 1 atom stereocenters. The van der Waals surface area contributed by atoms with Gasteiger partial charge in [-0.3, -0.25) is 4.79 Å². The van der Waals surface area contributed by atoms with E-state index in [1.165, 1.54) is 0 Å². The lowest BCUT2D eigenvalue weighted by Crippen LogP contribution is -2.41. The Hall–Kier alpha value is -1.79. The Balaban J connectivity index is 2.15. The molecular weight excluding hydrogens is 308 g/mol. The normalized spacial score (nSPS) is 17.1. The average molecular weight is 336 g/mol. The number of methoxy groups -OCH3 is 2. The topological polar surface area (TPSA) is 51.2 Å². The molecule has 0 spiro atoms. The van der Waals surface area contributed by atoms with Crippen molar-refractivity contribution in [3.8, 4) is 11.5 Å². The zero-order valence-electron chi connectivity index (χ0n) is 15.1. The predicted octanol–water partition coefficient (Wildman–Crippen LogP) is 1.89. The van der Waals surface area contributed by atoms with Crippen molar-refractivity contribution in [1.82, 2.24) is 9.80 Å². The van der Waals surface area contributed by atoms with Crippen LogP contribution in [-0.4, -0.2) is 76.4 Å². The molecule has 1 aliphatic rings. The summed E-state index contributed by atoms with van der Waals surface area (Å²) in [5, 5.41) is 0. The summed E-state index contributed by atoms with van der Waals surface area (Å²) in [5.41, 5.74) is 0.601. The van der Waals surface area contributed by atoms with Crippen LogP contribution in [0.25, 0.3) is 0 Å². The molecule has 6 heteroatoms. The largest absolute Gasteiger partial charge is 0.493 e. The summed E-state index contributed by atoms with van der Waals surface area (Å²) in [7, 11) is 7.17. The van der Waals surface area contributed by atoms with Crippen LogP contribution in [0.1, 0.15) is 23.2 Å². The molecule has 0 unspecified atom stereocenters. The Morgan fingerprint density at radius 2 is 1.96 bits per heavy atom. The highest BCUT2D eigenvalue weighted by atomic mass is 16.5. The van der Waals surface area contributed by atoms with Crippen LogP contribution in [-0.2, 0) is 4.74 Å². The molecule has 134 valence electrons. The first kappa shape index (κ1) is 18.5. The Morgan fingerprint density at radius 1 is 1.21 bits per heavy atom. The molecule has 0 radical (unpaired) electrons. The minimum Gasteiger partial charge on any atom is -0.493 e. The van der Waals surface area contributed by atoms with Crippen molar-refractivity contribution >= 4 is 5.91 Å². The van der Waals surface area contributed by atoms with Gasteiger partial charge in [0.05, 0.1) is 20.3 Å². The molecule has 1 aliphatic heterocycles. The van der Waals surface area contributed by atoms with Crippen LogP contribution in [0.4, 0.5) is 0 Å². The van der Waals surface area contributed by atoms with Crippen LogP contribution in [0.3, 0.4) is 0 Å². The summed E-state index contributed by atoms with van der Waals surface area (Å²) < 4.78 is 16.3. The molecular formula is C18H28N2O4. The molecule has 1 aromatic carbocycles. The fourth-order valence-corrected chi connectivity index (χ4v) is 2.78. The third kappa shape index (κ3) is 4.85. The smallest absolute Gasteiger partial charge is 0.254 e. The molecule has 0 aliphatic carbocycles. The minimum atomic E-state index is -0.00620. The number of hydrogen-bond acceptors (Lipinski definition) is 5. The number of rotatable bonds is 8. The van der Waals surface area contributed by atoms with Gasteiger partial charge in [-0.25, -0.2) is 0 Å². The van der Waals surface area contributed by atoms with E-state index in [9.17, 15) is 4.79 Å². The van der Waals surface area contributed by atoms with E-state index in [4.69, 9.17) is 14.2 Å². The standard InChI is InChI=1S/C18H28N2O4/c1-19(2)9-10-20(13-15-6-5-11-24-15)18(21)14-7-8-16(22-3)17(12-14)23-4/h7-8,12,15H,5-6,9-11,13H2,1-4H3/t15-/m1/s1. The van der Waals surface area contributed by atoms with Gasteiger partial charge in [-0.15, -0.1) is 0 Å². The lowest BCUT2D eigenvalue weighted by molar-refractivity contribution is 0.0512. The van der Waals surface area contributed by atoms with Crippen molar-refractivity contribution in [2.75, 3.05) is 54.6 Å². The van der Waals surface area contributed by atoms with E-state index < -0.39 is 0 Å². The van der Waals surface area contributed by atoms with Gasteiger partial charge in [0.15, 0.2) is 11.5 Å². The zero-order chi connectivity index (χ0) is 17.5. The molecule has 0 bridgehead atoms. The molecule has 2 rings (SSSR count). The highest BCUT2D eigenvalue weighted by Crippen LogP contribution is 2.28. The summed E-state index contributed by atoms with van der Waals surface area (Å²) in [6.07, 6.45) is 2.21. The summed E-state index contributed by atoms with van der Waals surface area (Å²) >= 11 is 0. The fourth-order valence-electron chi connectivity index (χ4n) is 2.78. The van der Waals surface area contributed by atoms with Gasteiger partial charge in [-0.1, -0.05) is 0 Å². The quantitative estimate of drug-likeness (QED) is 0.726. The van der Waals surface area contributed by atoms with Crippen LogP contribution in [0, 0.1) is 0 Å². The van der Waals surface area contributed by atoms with E-state index in [2.05, 4.69) is 4.90 Å². The van der Waals surface area contributed by atoms with Gasteiger partial charge >= 0.3 is 0 Å². The lowest BCUT2D eigenvalue weighted by atomic mass is 10.1. The monoisotopic (exact) mass is 336 g/mol. The Bertz CT molecular complexity index is 542. The first-order valence-electron chi connectivity index (χ1n) is 8.32. The van der Waals surface area contributed by atoms with E-state index in [1.54, 1.807) is 32.4 Å². The van der Waals surface area contributed by atoms with Gasteiger partial charge in [-0.05, 0) is 45.1 Å². The molecule has 1 saturated heterocycles. The van der Waals surface area contributed by atoms with Crippen LogP contribution in [0.2, 0.25) is 0 Å². The van der Waals surface area contributed by atoms with Crippen molar-refractivity contribution in [3.63, 3.8) is 0 Å². The maximum absolute atomic E-state index is 13.0. The third-order valence-electron chi connectivity index (χ3n) is 4.18. The Morgan fingerprint density at radius 3 is 2.54 bits per heavy atom. The number of hydrogen-bond donors (Lipinski definition) is 0. The molecule has 0 saturated carbocycles. The molecule has 0 aromatic heterocycles. The fraction of sp³-hybridized carbons (Fsp3) is 0.611. The van der Waals surface area contributed by atoms with Crippen molar-refractivity contribution in [1.29, 1.82) is 0 Å². The second-order valence-electron chi connectivity index (χ2n) is 6.26. The lowest BCUT2D eigenvalue weighted by Gasteiger charge is -2.27. The Kier molecular flexibility index (Phi) is 6.87. The summed E-state index contributed by atoms with van der Waals surface area (Å²) in [6.45, 7) is 2.89. The minimum absolute atomic E-state index is 0.00620. The highest BCUT2D eigenvalue weighted by Gasteiger charge is 2.24. The maximum atomic E-state index is 13.0. The van der Waals surface area contributed by atoms with Gasteiger partial charge in [0.1, 0.15) is 0 Å². The number of ether oxygens (including phenoxy) is 3. The number of carbonyl (C=O) groups is 1. The molecule has 6 nitrogen and oxygen atoms in total. The second-order valence-corrected chi connectivity index (χ2v) is 6.26. The Labute approximate surface area is 144 Å². The zero-order valence-corrected chi connectivity index (χ0v) is 15.1. The van der Waals surface area contributed by atoms with Crippen LogP contribution in [0.5, 0.6) is 11.5 Å². The van der Waals surface area contributed by atoms with Crippen LogP contribution >= 0.6 is 0 Å². The molecule has 0 N–H and O–H groups in total. The van der Waals surface area contributed by atoms with Gasteiger partial charge in [-0.2, -0.15) is 0 Å². The SMILES string of the molecule is COc1ccc(C(=O)N(CCN(C)C)C[C@H]2CCCO2)cc1OC. The predicted molar refractivity (Wildman–Crippen MR) is 93.0 cm³/mol. The van der Waals surface area contributed by atoms with Gasteiger partial charge < -0.3 is 24.0 Å². The second kappa shape index (κ2) is 8.89. The van der Waals surface area contributed by atoms with Gasteiger partial charge in [0.25, 0.3) is 5.91 Å². The first-order chi connectivity index (χ1) is 11.5. The third-order valence-corrected chi connectivity index (χ3v) is 4.18. The number of amides is 1. The summed E-state index contributed by atoms with van der Waals surface area (Å²) in [5.74, 6) is 1.18. The van der Waals surface area contributed by atoms with E-state index >= 15 is 0 Å². The molecule has 1 fully saturated rings. The van der Waals surface area contributed by atoms with Crippen molar-refractivity contribution in [2.24, 2.45) is 0 Å². The van der Waals surface area contributed by atoms with Crippen molar-refractivity contribution in [2.45, 2.75) is 18.9 Å². The molecule has 1 amide bonds. The van der Waals surface area contributed by atoms with Crippen LogP contribution in [0.15, 0.2) is 18.2 Å². The first-order valence-corrected chi connectivity index (χ1v) is 8.32. The van der Waals surface area contributed by atoms with Crippen molar-refractivity contribution < 1.29 is 19.0 Å². The van der Waals surface area contributed by atoms with E-state index in [-0.39, 0.29) is 12.0 Å².